The van der Waals surface area contributed by atoms with Gasteiger partial charge in [0.1, 0.15) is 0 Å². The molecule has 0 aromatic carbocycles. The van der Waals surface area contributed by atoms with Gasteiger partial charge in [0.25, 0.3) is 0 Å². The summed E-state index contributed by atoms with van der Waals surface area (Å²) in [6.07, 6.45) is 5.20. The molecule has 1 amide bonds. The Bertz CT molecular complexity index is 495. The van der Waals surface area contributed by atoms with E-state index in [0.29, 0.717) is 13.0 Å². The highest BCUT2D eigenvalue weighted by atomic mass is 79.9. The van der Waals surface area contributed by atoms with Gasteiger partial charge in [0, 0.05) is 37.9 Å². The molecule has 0 spiro atoms. The van der Waals surface area contributed by atoms with Crippen LogP contribution in [0.25, 0.3) is 0 Å². The number of anilines is 1. The quantitative estimate of drug-likeness (QED) is 0.908. The molecule has 2 heterocycles. The summed E-state index contributed by atoms with van der Waals surface area (Å²) >= 11 is 3.40. The molecule has 110 valence electrons. The van der Waals surface area contributed by atoms with Gasteiger partial charge in [0.2, 0.25) is 5.91 Å². The Hall–Kier alpha value is -1.14. The predicted octanol–water partition coefficient (Wildman–Crippen LogP) is 1.65. The van der Waals surface area contributed by atoms with Gasteiger partial charge in [-0.1, -0.05) is 0 Å². The second kappa shape index (κ2) is 6.10. The third kappa shape index (κ3) is 3.70. The van der Waals surface area contributed by atoms with Gasteiger partial charge in [-0.2, -0.15) is 0 Å². The summed E-state index contributed by atoms with van der Waals surface area (Å²) in [7, 11) is 3.43. The van der Waals surface area contributed by atoms with E-state index in [1.165, 1.54) is 4.90 Å². The first-order valence-electron chi connectivity index (χ1n) is 6.68. The van der Waals surface area contributed by atoms with Crippen LogP contribution in [0.5, 0.6) is 0 Å². The predicted molar refractivity (Wildman–Crippen MR) is 81.6 cm³/mol. The molecule has 2 rings (SSSR count). The van der Waals surface area contributed by atoms with Crippen LogP contribution in [0.4, 0.5) is 5.69 Å². The Kier molecular flexibility index (Phi) is 4.65. The molecule has 5 nitrogen and oxygen atoms in total. The van der Waals surface area contributed by atoms with Gasteiger partial charge in [0.05, 0.1) is 23.9 Å². The number of carbonyl (C=O) groups excluding carboxylic acids is 1. The van der Waals surface area contributed by atoms with Crippen molar-refractivity contribution >= 4 is 27.5 Å². The maximum absolute atomic E-state index is 11.8. The zero-order valence-corrected chi connectivity index (χ0v) is 13.4. The van der Waals surface area contributed by atoms with Gasteiger partial charge in [0.15, 0.2) is 0 Å². The first kappa shape index (κ1) is 15.3. The molecule has 1 saturated heterocycles. The molecule has 1 aromatic rings. The van der Waals surface area contributed by atoms with Gasteiger partial charge in [-0.05, 0) is 34.8 Å². The molecule has 1 aliphatic heterocycles. The maximum Gasteiger partial charge on any atom is 0.225 e. The smallest absolute Gasteiger partial charge is 0.225 e. The van der Waals surface area contributed by atoms with Crippen LogP contribution in [-0.2, 0) is 4.79 Å². The number of hydrogen-bond acceptors (Lipinski definition) is 4. The molecule has 0 radical (unpaired) electrons. The topological polar surface area (TPSA) is 56.7 Å². The lowest BCUT2D eigenvalue weighted by molar-refractivity contribution is -0.134. The number of piperidine rings is 1. The monoisotopic (exact) mass is 341 g/mol. The van der Waals surface area contributed by atoms with E-state index in [9.17, 15) is 9.90 Å². The minimum absolute atomic E-state index is 0.0401. The second-order valence-corrected chi connectivity index (χ2v) is 6.49. The number of aromatic nitrogens is 1. The number of carbonyl (C=O) groups is 1. The van der Waals surface area contributed by atoms with E-state index in [4.69, 9.17) is 0 Å². The zero-order chi connectivity index (χ0) is 14.8. The van der Waals surface area contributed by atoms with Crippen LogP contribution >= 0.6 is 15.9 Å². The van der Waals surface area contributed by atoms with Gasteiger partial charge in [-0.3, -0.25) is 9.78 Å². The Balaban J connectivity index is 2.10. The summed E-state index contributed by atoms with van der Waals surface area (Å²) in [6.45, 7) is 1.33. The molecule has 1 unspecified atom stereocenters. The van der Waals surface area contributed by atoms with Crippen molar-refractivity contribution < 1.29 is 9.90 Å². The fourth-order valence-corrected chi connectivity index (χ4v) is 2.84. The Morgan fingerprint density at radius 2 is 2.30 bits per heavy atom. The number of rotatable bonds is 3. The normalized spacial score (nSPS) is 22.7. The Labute approximate surface area is 127 Å². The second-order valence-electron chi connectivity index (χ2n) is 5.58. The van der Waals surface area contributed by atoms with Crippen molar-refractivity contribution in [1.29, 1.82) is 0 Å². The number of halogens is 1. The lowest BCUT2D eigenvalue weighted by Crippen LogP contribution is -2.50. The van der Waals surface area contributed by atoms with E-state index >= 15 is 0 Å². The average molecular weight is 342 g/mol. The number of pyridine rings is 1. The molecule has 0 bridgehead atoms. The van der Waals surface area contributed by atoms with E-state index in [-0.39, 0.29) is 12.3 Å². The molecule has 1 aromatic heterocycles. The van der Waals surface area contributed by atoms with Crippen molar-refractivity contribution in [2.45, 2.75) is 24.9 Å². The van der Waals surface area contributed by atoms with Crippen molar-refractivity contribution in [3.63, 3.8) is 0 Å². The van der Waals surface area contributed by atoms with Crippen LogP contribution in [0, 0.1) is 0 Å². The maximum atomic E-state index is 11.8. The van der Waals surface area contributed by atoms with Gasteiger partial charge in [-0.25, -0.2) is 0 Å². The van der Waals surface area contributed by atoms with E-state index in [0.717, 1.165) is 23.1 Å². The highest BCUT2D eigenvalue weighted by molar-refractivity contribution is 9.10. The SMILES string of the molecule is CN(C)C(=O)CC1(O)CCCN(c2cncc(Br)c2)C1. The van der Waals surface area contributed by atoms with Crippen molar-refractivity contribution in [2.24, 2.45) is 0 Å². The highest BCUT2D eigenvalue weighted by Crippen LogP contribution is 2.29. The Morgan fingerprint density at radius 3 is 2.95 bits per heavy atom. The van der Waals surface area contributed by atoms with Crippen LogP contribution in [0.1, 0.15) is 19.3 Å². The molecule has 0 aliphatic carbocycles. The Morgan fingerprint density at radius 1 is 1.55 bits per heavy atom. The van der Waals surface area contributed by atoms with Crippen LogP contribution < -0.4 is 4.90 Å². The summed E-state index contributed by atoms with van der Waals surface area (Å²) in [5.74, 6) is -0.0401. The molecule has 0 saturated carbocycles. The molecular weight excluding hydrogens is 322 g/mol. The third-order valence-corrected chi connectivity index (χ3v) is 4.02. The largest absolute Gasteiger partial charge is 0.388 e. The molecule has 20 heavy (non-hydrogen) atoms. The van der Waals surface area contributed by atoms with Gasteiger partial charge < -0.3 is 14.9 Å². The minimum atomic E-state index is -0.956. The summed E-state index contributed by atoms with van der Waals surface area (Å²) in [4.78, 5) is 19.6. The van der Waals surface area contributed by atoms with Crippen LogP contribution in [-0.4, -0.2) is 53.7 Å². The first-order valence-corrected chi connectivity index (χ1v) is 7.47. The summed E-state index contributed by atoms with van der Waals surface area (Å²) in [5.41, 5.74) is 0.0110. The standard InChI is InChI=1S/C14H20BrN3O2/c1-17(2)13(19)7-14(20)4-3-5-18(10-14)12-6-11(15)8-16-9-12/h6,8-9,20H,3-5,7,10H2,1-2H3. The highest BCUT2D eigenvalue weighted by Gasteiger charge is 2.36. The van der Waals surface area contributed by atoms with Crippen LogP contribution in [0.2, 0.25) is 0 Å². The summed E-state index contributed by atoms with van der Waals surface area (Å²) < 4.78 is 0.911. The van der Waals surface area contributed by atoms with Crippen molar-refractivity contribution in [1.82, 2.24) is 9.88 Å². The fraction of sp³-hybridized carbons (Fsp3) is 0.571. The number of β-amino-alcohol motifs (C(OH)–C–C–N with tert-alkyl or cyclic N) is 1. The molecule has 1 fully saturated rings. The summed E-state index contributed by atoms with van der Waals surface area (Å²) in [5, 5.41) is 10.7. The number of aliphatic hydroxyl groups is 1. The van der Waals surface area contributed by atoms with Crippen molar-refractivity contribution in [2.75, 3.05) is 32.1 Å². The van der Waals surface area contributed by atoms with Gasteiger partial charge >= 0.3 is 0 Å². The first-order chi connectivity index (χ1) is 9.39. The van der Waals surface area contributed by atoms with Crippen molar-refractivity contribution in [3.05, 3.63) is 22.9 Å². The fourth-order valence-electron chi connectivity index (χ4n) is 2.49. The molecule has 6 heteroatoms. The lowest BCUT2D eigenvalue weighted by Gasteiger charge is -2.40. The number of nitrogens with zero attached hydrogens (tertiary/aromatic N) is 3. The zero-order valence-electron chi connectivity index (χ0n) is 11.8. The molecule has 1 aliphatic rings. The lowest BCUT2D eigenvalue weighted by atomic mass is 9.89. The van der Waals surface area contributed by atoms with E-state index in [2.05, 4.69) is 25.8 Å². The van der Waals surface area contributed by atoms with Gasteiger partial charge in [-0.15, -0.1) is 0 Å². The molecular formula is C14H20BrN3O2. The average Bonchev–Trinajstić information content (AvgIpc) is 2.38. The van der Waals surface area contributed by atoms with E-state index in [1.807, 2.05) is 6.07 Å². The van der Waals surface area contributed by atoms with Crippen LogP contribution in [0.3, 0.4) is 0 Å². The third-order valence-electron chi connectivity index (χ3n) is 3.59. The molecule has 1 atom stereocenters. The number of hydrogen-bond donors (Lipinski definition) is 1. The minimum Gasteiger partial charge on any atom is -0.388 e. The van der Waals surface area contributed by atoms with Crippen molar-refractivity contribution in [3.8, 4) is 0 Å². The van der Waals surface area contributed by atoms with Crippen LogP contribution in [0.15, 0.2) is 22.9 Å². The number of amides is 1. The van der Waals surface area contributed by atoms with E-state index in [1.54, 1.807) is 26.5 Å². The molecule has 1 N–H and O–H groups in total. The van der Waals surface area contributed by atoms with E-state index < -0.39 is 5.60 Å². The summed E-state index contributed by atoms with van der Waals surface area (Å²) in [6, 6.07) is 1.98.